The third-order valence-electron chi connectivity index (χ3n) is 2.56. The molecular weight excluding hydrogens is 176 g/mol. The Labute approximate surface area is 87.7 Å². The Bertz CT molecular complexity index is 143. The van der Waals surface area contributed by atoms with E-state index >= 15 is 0 Å². The van der Waals surface area contributed by atoms with Gasteiger partial charge in [-0.3, -0.25) is 0 Å². The fraction of sp³-hybridized carbons (Fsp3) is 0.917. The zero-order valence-electron chi connectivity index (χ0n) is 9.59. The van der Waals surface area contributed by atoms with Crippen LogP contribution in [0.5, 0.6) is 0 Å². The van der Waals surface area contributed by atoms with Gasteiger partial charge < -0.3 is 9.90 Å². The molecule has 1 unspecified atom stereocenters. The van der Waals surface area contributed by atoms with Crippen molar-refractivity contribution in [3.8, 4) is 0 Å². The van der Waals surface area contributed by atoms with Crippen molar-refractivity contribution in [2.45, 2.75) is 58.8 Å². The van der Waals surface area contributed by atoms with Gasteiger partial charge in [0.15, 0.2) is 0 Å². The molecule has 0 aliphatic rings. The molecule has 0 aliphatic carbocycles. The van der Waals surface area contributed by atoms with Gasteiger partial charge in [-0.2, -0.15) is 0 Å². The summed E-state index contributed by atoms with van der Waals surface area (Å²) in [6.07, 6.45) is 7.34. The number of unbranched alkanes of at least 4 members (excludes halogenated alkanes) is 2. The maximum absolute atomic E-state index is 11.0. The average molecular weight is 200 g/mol. The van der Waals surface area contributed by atoms with E-state index in [2.05, 4.69) is 6.92 Å². The Kier molecular flexibility index (Phi) is 8.95. The van der Waals surface area contributed by atoms with E-state index in [1.165, 1.54) is 19.3 Å². The fourth-order valence-corrected chi connectivity index (χ4v) is 1.79. The molecule has 0 spiro atoms. The Hall–Kier alpha value is -0.370. The van der Waals surface area contributed by atoms with Crippen LogP contribution in [0.1, 0.15) is 58.8 Å². The summed E-state index contributed by atoms with van der Waals surface area (Å²) in [5.41, 5.74) is 0. The van der Waals surface area contributed by atoms with Crippen LogP contribution in [-0.2, 0) is 4.79 Å². The lowest BCUT2D eigenvalue weighted by Gasteiger charge is -2.14. The van der Waals surface area contributed by atoms with Gasteiger partial charge in [0.2, 0.25) is 0 Å². The highest BCUT2D eigenvalue weighted by molar-refractivity contribution is 5.75. The Balaban J connectivity index is 3.66. The molecule has 0 aliphatic heterocycles. The number of hydrogen-bond acceptors (Lipinski definition) is 2. The van der Waals surface area contributed by atoms with Crippen LogP contribution in [0.2, 0.25) is 0 Å². The molecule has 0 saturated carbocycles. The third-order valence-corrected chi connectivity index (χ3v) is 2.56. The van der Waals surface area contributed by atoms with Crippen LogP contribution < -0.4 is 0 Å². The zero-order chi connectivity index (χ0) is 10.8. The van der Waals surface area contributed by atoms with Crippen LogP contribution >= 0.6 is 0 Å². The van der Waals surface area contributed by atoms with Gasteiger partial charge in [0.05, 0.1) is 0 Å². The maximum Gasteiger partial charge on any atom is 0.130 e. The largest absolute Gasteiger partial charge is 0.396 e. The molecule has 0 radical (unpaired) electrons. The third kappa shape index (κ3) is 8.24. The Morgan fingerprint density at radius 3 is 2.36 bits per heavy atom. The van der Waals surface area contributed by atoms with Gasteiger partial charge in [-0.15, -0.1) is 0 Å². The molecule has 0 saturated heterocycles. The highest BCUT2D eigenvalue weighted by Crippen LogP contribution is 2.19. The predicted octanol–water partition coefficient (Wildman–Crippen LogP) is 2.93. The number of carbonyl (C=O) groups is 1. The van der Waals surface area contributed by atoms with Crippen LogP contribution in [0.15, 0.2) is 0 Å². The van der Waals surface area contributed by atoms with Gasteiger partial charge in [0, 0.05) is 13.0 Å². The van der Waals surface area contributed by atoms with Crippen LogP contribution in [0.25, 0.3) is 0 Å². The summed E-state index contributed by atoms with van der Waals surface area (Å²) in [4.78, 5) is 11.0. The number of aliphatic hydroxyl groups is 1. The lowest BCUT2D eigenvalue weighted by Crippen LogP contribution is -2.06. The van der Waals surface area contributed by atoms with Crippen molar-refractivity contribution in [1.29, 1.82) is 0 Å². The molecule has 0 heterocycles. The van der Waals surface area contributed by atoms with E-state index in [1.54, 1.807) is 6.92 Å². The predicted molar refractivity (Wildman–Crippen MR) is 59.2 cm³/mol. The topological polar surface area (TPSA) is 37.3 Å². The summed E-state index contributed by atoms with van der Waals surface area (Å²) in [5, 5.41) is 8.67. The van der Waals surface area contributed by atoms with E-state index in [0.717, 1.165) is 25.7 Å². The van der Waals surface area contributed by atoms with Crippen LogP contribution in [-0.4, -0.2) is 17.5 Å². The van der Waals surface area contributed by atoms with Crippen LogP contribution in [0, 0.1) is 5.92 Å². The van der Waals surface area contributed by atoms with Crippen molar-refractivity contribution >= 4 is 5.78 Å². The van der Waals surface area contributed by atoms with Crippen molar-refractivity contribution in [1.82, 2.24) is 0 Å². The first-order valence-electron chi connectivity index (χ1n) is 5.81. The van der Waals surface area contributed by atoms with E-state index in [-0.39, 0.29) is 6.61 Å². The van der Waals surface area contributed by atoms with E-state index in [0.29, 0.717) is 11.7 Å². The first kappa shape index (κ1) is 13.6. The number of Topliss-reactive ketones (excluding diaryl/α,β-unsaturated/α-hetero) is 1. The first-order chi connectivity index (χ1) is 6.70. The van der Waals surface area contributed by atoms with Gasteiger partial charge in [-0.05, 0) is 25.7 Å². The Morgan fingerprint density at radius 2 is 1.86 bits per heavy atom. The second kappa shape index (κ2) is 9.20. The second-order valence-electron chi connectivity index (χ2n) is 4.13. The number of rotatable bonds is 9. The zero-order valence-corrected chi connectivity index (χ0v) is 9.59. The maximum atomic E-state index is 11.0. The molecule has 1 atom stereocenters. The van der Waals surface area contributed by atoms with Gasteiger partial charge in [0.1, 0.15) is 5.78 Å². The summed E-state index contributed by atoms with van der Waals surface area (Å²) in [6, 6.07) is 0. The van der Waals surface area contributed by atoms with Gasteiger partial charge in [-0.25, -0.2) is 0 Å². The second-order valence-corrected chi connectivity index (χ2v) is 4.13. The lowest BCUT2D eigenvalue weighted by atomic mass is 9.91. The molecule has 84 valence electrons. The number of hydrogen-bond donors (Lipinski definition) is 1. The summed E-state index contributed by atoms with van der Waals surface area (Å²) in [6.45, 7) is 4.13. The number of aliphatic hydroxyl groups excluding tert-OH is 1. The molecule has 0 bridgehead atoms. The molecule has 0 aromatic rings. The van der Waals surface area contributed by atoms with Crippen molar-refractivity contribution in [3.05, 3.63) is 0 Å². The van der Waals surface area contributed by atoms with Crippen molar-refractivity contribution < 1.29 is 9.90 Å². The molecular formula is C12H24O2. The van der Waals surface area contributed by atoms with Gasteiger partial charge in [-0.1, -0.05) is 32.6 Å². The highest BCUT2D eigenvalue weighted by Gasteiger charge is 2.10. The lowest BCUT2D eigenvalue weighted by molar-refractivity contribution is -0.118. The van der Waals surface area contributed by atoms with Crippen molar-refractivity contribution in [2.24, 2.45) is 5.92 Å². The molecule has 0 amide bonds. The minimum absolute atomic E-state index is 0.278. The molecule has 0 aromatic carbocycles. The van der Waals surface area contributed by atoms with E-state index < -0.39 is 0 Å². The standard InChI is InChI=1S/C12H24O2/c1-3-4-7-12(10-11(2)14)8-5-6-9-13/h12-13H,3-10H2,1-2H3. The highest BCUT2D eigenvalue weighted by atomic mass is 16.2. The molecule has 2 nitrogen and oxygen atoms in total. The van der Waals surface area contributed by atoms with Crippen molar-refractivity contribution in [2.75, 3.05) is 6.61 Å². The normalized spacial score (nSPS) is 12.8. The monoisotopic (exact) mass is 200 g/mol. The van der Waals surface area contributed by atoms with E-state index in [4.69, 9.17) is 5.11 Å². The summed E-state index contributed by atoms with van der Waals surface area (Å²) in [5.74, 6) is 0.856. The number of carbonyl (C=O) groups excluding carboxylic acids is 1. The summed E-state index contributed by atoms with van der Waals surface area (Å²) < 4.78 is 0. The molecule has 0 rings (SSSR count). The van der Waals surface area contributed by atoms with Gasteiger partial charge >= 0.3 is 0 Å². The van der Waals surface area contributed by atoms with E-state index in [1.807, 2.05) is 0 Å². The molecule has 2 heteroatoms. The molecule has 14 heavy (non-hydrogen) atoms. The van der Waals surface area contributed by atoms with Crippen LogP contribution in [0.4, 0.5) is 0 Å². The van der Waals surface area contributed by atoms with E-state index in [9.17, 15) is 4.79 Å². The average Bonchev–Trinajstić information content (AvgIpc) is 2.13. The Morgan fingerprint density at radius 1 is 1.21 bits per heavy atom. The molecule has 0 aromatic heterocycles. The smallest absolute Gasteiger partial charge is 0.130 e. The first-order valence-corrected chi connectivity index (χ1v) is 5.81. The SMILES string of the molecule is CCCCC(CCCCO)CC(C)=O. The molecule has 1 N–H and O–H groups in total. The van der Waals surface area contributed by atoms with Crippen molar-refractivity contribution in [3.63, 3.8) is 0 Å². The summed E-state index contributed by atoms with van der Waals surface area (Å²) in [7, 11) is 0. The number of ketones is 1. The molecule has 0 fully saturated rings. The summed E-state index contributed by atoms with van der Waals surface area (Å²) >= 11 is 0. The van der Waals surface area contributed by atoms with Crippen LogP contribution in [0.3, 0.4) is 0 Å². The minimum atomic E-state index is 0.278. The fourth-order valence-electron chi connectivity index (χ4n) is 1.79. The van der Waals surface area contributed by atoms with Gasteiger partial charge in [0.25, 0.3) is 0 Å². The quantitative estimate of drug-likeness (QED) is 0.581. The minimum Gasteiger partial charge on any atom is -0.396 e.